The van der Waals surface area contributed by atoms with E-state index in [0.717, 1.165) is 11.1 Å². The van der Waals surface area contributed by atoms with Gasteiger partial charge in [0.25, 0.3) is 0 Å². The molecule has 0 aliphatic carbocycles. The molecule has 2 heterocycles. The number of cyclic esters (lactones) is 4. The van der Waals surface area contributed by atoms with Crippen molar-refractivity contribution < 1.29 is 28.7 Å². The second-order valence-corrected chi connectivity index (χ2v) is 7.13. The molecule has 0 bridgehead atoms. The zero-order valence-electron chi connectivity index (χ0n) is 15.2. The van der Waals surface area contributed by atoms with Crippen LogP contribution in [0.1, 0.15) is 41.4 Å². The van der Waals surface area contributed by atoms with Gasteiger partial charge in [-0.15, -0.1) is 0 Å². The van der Waals surface area contributed by atoms with Gasteiger partial charge in [0, 0.05) is 10.8 Å². The topological polar surface area (TPSA) is 86.7 Å². The van der Waals surface area contributed by atoms with E-state index >= 15 is 0 Å². The fourth-order valence-electron chi connectivity index (χ4n) is 4.35. The number of carbonyl (C=O) groups excluding carboxylic acids is 4. The van der Waals surface area contributed by atoms with Crippen molar-refractivity contribution in [3.05, 3.63) is 82.9 Å². The highest BCUT2D eigenvalue weighted by Crippen LogP contribution is 2.40. The van der Waals surface area contributed by atoms with Crippen LogP contribution in [0.25, 0.3) is 32.7 Å². The summed E-state index contributed by atoms with van der Waals surface area (Å²) in [5.41, 5.74) is 2.84. The average molecular weight is 394 g/mol. The Morgan fingerprint density at radius 1 is 0.400 bits per heavy atom. The Hall–Kier alpha value is -4.32. The summed E-state index contributed by atoms with van der Waals surface area (Å²) in [6.45, 7) is 0. The van der Waals surface area contributed by atoms with Crippen molar-refractivity contribution in [2.45, 2.75) is 0 Å². The van der Waals surface area contributed by atoms with Gasteiger partial charge in [-0.3, -0.25) is 0 Å². The summed E-state index contributed by atoms with van der Waals surface area (Å²) >= 11 is 0. The van der Waals surface area contributed by atoms with Crippen LogP contribution in [0.3, 0.4) is 0 Å². The minimum absolute atomic E-state index is 0.324. The molecule has 4 aromatic rings. The smallest absolute Gasteiger partial charge is 0.346 e. The van der Waals surface area contributed by atoms with Crippen LogP contribution in [0.4, 0.5) is 0 Å². The van der Waals surface area contributed by atoms with Gasteiger partial charge in [0.1, 0.15) is 0 Å². The lowest BCUT2D eigenvalue weighted by Gasteiger charge is -2.20. The summed E-state index contributed by atoms with van der Waals surface area (Å²) < 4.78 is 9.66. The molecule has 0 radical (unpaired) electrons. The van der Waals surface area contributed by atoms with E-state index in [1.54, 1.807) is 48.5 Å². The first-order valence-electron chi connectivity index (χ1n) is 9.19. The summed E-state index contributed by atoms with van der Waals surface area (Å²) in [6.07, 6.45) is 0. The van der Waals surface area contributed by atoms with Crippen molar-refractivity contribution in [3.8, 4) is 11.1 Å². The van der Waals surface area contributed by atoms with E-state index in [9.17, 15) is 19.2 Å². The number of carbonyl (C=O) groups is 4. The molecule has 0 amide bonds. The van der Waals surface area contributed by atoms with Crippen LogP contribution >= 0.6 is 0 Å². The molecule has 2 aliphatic heterocycles. The van der Waals surface area contributed by atoms with Crippen LogP contribution in [-0.2, 0) is 9.47 Å². The van der Waals surface area contributed by atoms with Crippen molar-refractivity contribution >= 4 is 45.4 Å². The maximum absolute atomic E-state index is 12.2. The van der Waals surface area contributed by atoms with Gasteiger partial charge in [-0.25, -0.2) is 19.2 Å². The molecule has 6 nitrogen and oxygen atoms in total. The molecule has 0 saturated heterocycles. The molecule has 6 rings (SSSR count). The number of benzene rings is 4. The third kappa shape index (κ3) is 2.02. The predicted molar refractivity (Wildman–Crippen MR) is 106 cm³/mol. The summed E-state index contributed by atoms with van der Waals surface area (Å²) in [5.74, 6) is -2.72. The Bertz CT molecular complexity index is 1360. The first-order chi connectivity index (χ1) is 14.5. The van der Waals surface area contributed by atoms with Gasteiger partial charge in [0.2, 0.25) is 0 Å². The zero-order chi connectivity index (χ0) is 20.6. The van der Waals surface area contributed by atoms with Crippen LogP contribution in [-0.4, -0.2) is 23.9 Å². The van der Waals surface area contributed by atoms with Gasteiger partial charge in [0.05, 0.1) is 22.3 Å². The second-order valence-electron chi connectivity index (χ2n) is 7.13. The first-order valence-corrected chi connectivity index (χ1v) is 9.19. The van der Waals surface area contributed by atoms with E-state index in [1.807, 2.05) is 12.1 Å². The lowest BCUT2D eigenvalue weighted by Crippen LogP contribution is -2.20. The Morgan fingerprint density at radius 3 is 1.13 bits per heavy atom. The van der Waals surface area contributed by atoms with Gasteiger partial charge in [0.15, 0.2) is 0 Å². The van der Waals surface area contributed by atoms with Gasteiger partial charge >= 0.3 is 23.9 Å². The fraction of sp³-hybridized carbons (Fsp3) is 0. The minimum atomic E-state index is -0.680. The highest BCUT2D eigenvalue weighted by atomic mass is 16.6. The van der Waals surface area contributed by atoms with Crippen LogP contribution in [0.15, 0.2) is 60.7 Å². The summed E-state index contributed by atoms with van der Waals surface area (Å²) in [6, 6.07) is 17.2. The normalized spacial score (nSPS) is 14.8. The fourth-order valence-corrected chi connectivity index (χ4v) is 4.35. The lowest BCUT2D eigenvalue weighted by molar-refractivity contribution is 0.0373. The average Bonchev–Trinajstić information content (AvgIpc) is 2.75. The van der Waals surface area contributed by atoms with Crippen LogP contribution in [0.5, 0.6) is 0 Å². The standard InChI is InChI=1S/C24H10O6/c25-21-15-5-1-3-13-11(7-9-17(19(13)15)23(27)29-21)12-8-10-18-20-14(12)4-2-6-16(20)22(26)30-24(18)28/h1-10H. The number of esters is 4. The molecular weight excluding hydrogens is 384 g/mol. The van der Waals surface area contributed by atoms with Gasteiger partial charge in [-0.2, -0.15) is 0 Å². The SMILES string of the molecule is O=C1OC(=O)c2ccc(-c3ccc4c5c(cccc35)C(=O)OC4=O)c3cccc1c23. The quantitative estimate of drug-likeness (QED) is 0.354. The minimum Gasteiger partial charge on any atom is -0.386 e. The van der Waals surface area contributed by atoms with E-state index < -0.39 is 23.9 Å². The highest BCUT2D eigenvalue weighted by molar-refractivity contribution is 6.26. The van der Waals surface area contributed by atoms with Crippen molar-refractivity contribution in [1.29, 1.82) is 0 Å². The predicted octanol–water partition coefficient (Wildman–Crippen LogP) is 4.28. The van der Waals surface area contributed by atoms with Crippen molar-refractivity contribution in [1.82, 2.24) is 0 Å². The molecule has 30 heavy (non-hydrogen) atoms. The Labute approximate surface area is 168 Å². The molecule has 6 heteroatoms. The lowest BCUT2D eigenvalue weighted by atomic mass is 9.87. The molecule has 4 aromatic carbocycles. The largest absolute Gasteiger partial charge is 0.386 e. The van der Waals surface area contributed by atoms with E-state index in [1.165, 1.54) is 0 Å². The van der Waals surface area contributed by atoms with E-state index in [4.69, 9.17) is 9.47 Å². The van der Waals surface area contributed by atoms with Gasteiger partial charge < -0.3 is 9.47 Å². The molecule has 142 valence electrons. The van der Waals surface area contributed by atoms with Crippen LogP contribution in [0, 0.1) is 0 Å². The summed E-state index contributed by atoms with van der Waals surface area (Å²) in [7, 11) is 0. The molecule has 0 N–H and O–H groups in total. The molecule has 2 aliphatic rings. The van der Waals surface area contributed by atoms with Crippen LogP contribution in [0.2, 0.25) is 0 Å². The van der Waals surface area contributed by atoms with Crippen LogP contribution < -0.4 is 0 Å². The summed E-state index contributed by atoms with van der Waals surface area (Å²) in [5, 5.41) is 2.49. The molecule has 0 fully saturated rings. The number of hydrogen-bond donors (Lipinski definition) is 0. The molecule has 0 spiro atoms. The molecule has 0 aromatic heterocycles. The maximum Gasteiger partial charge on any atom is 0.346 e. The van der Waals surface area contributed by atoms with Crippen molar-refractivity contribution in [2.24, 2.45) is 0 Å². The Morgan fingerprint density at radius 2 is 0.733 bits per heavy atom. The van der Waals surface area contributed by atoms with Crippen molar-refractivity contribution in [3.63, 3.8) is 0 Å². The Balaban J connectivity index is 1.74. The number of ether oxygens (including phenoxy) is 2. The first kappa shape index (κ1) is 16.6. The molecule has 0 atom stereocenters. The number of rotatable bonds is 1. The highest BCUT2D eigenvalue weighted by Gasteiger charge is 2.30. The maximum atomic E-state index is 12.2. The van der Waals surface area contributed by atoms with Gasteiger partial charge in [-0.05, 0) is 46.2 Å². The Kier molecular flexibility index (Phi) is 3.11. The van der Waals surface area contributed by atoms with Gasteiger partial charge in [-0.1, -0.05) is 36.4 Å². The molecule has 0 unspecified atom stereocenters. The van der Waals surface area contributed by atoms with E-state index in [-0.39, 0.29) is 0 Å². The van der Waals surface area contributed by atoms with E-state index in [2.05, 4.69) is 0 Å². The molecule has 0 saturated carbocycles. The zero-order valence-corrected chi connectivity index (χ0v) is 15.2. The third-order valence-electron chi connectivity index (χ3n) is 5.62. The number of hydrogen-bond acceptors (Lipinski definition) is 6. The monoisotopic (exact) mass is 394 g/mol. The summed E-state index contributed by atoms with van der Waals surface area (Å²) in [4.78, 5) is 48.9. The second kappa shape index (κ2) is 5.61. The van der Waals surface area contributed by atoms with Crippen molar-refractivity contribution in [2.75, 3.05) is 0 Å². The third-order valence-corrected chi connectivity index (χ3v) is 5.62. The van der Waals surface area contributed by atoms with E-state index in [0.29, 0.717) is 43.8 Å². The molecular formula is C24H10O6.